The Kier molecular flexibility index (Phi) is 6.01. The first-order valence-electron chi connectivity index (χ1n) is 8.29. The molecule has 0 aliphatic heterocycles. The van der Waals surface area contributed by atoms with E-state index in [1.54, 1.807) is 0 Å². The van der Waals surface area contributed by atoms with E-state index in [0.29, 0.717) is 9.79 Å². The quantitative estimate of drug-likeness (QED) is 0.343. The van der Waals surface area contributed by atoms with Gasteiger partial charge in [-0.25, -0.2) is 0 Å². The van der Waals surface area contributed by atoms with Gasteiger partial charge in [0.15, 0.2) is 0 Å². The first-order chi connectivity index (χ1) is 13.3. The maximum absolute atomic E-state index is 11.7. The summed E-state index contributed by atoms with van der Waals surface area (Å²) in [5, 5.41) is 22.9. The van der Waals surface area contributed by atoms with Gasteiger partial charge >= 0.3 is 0 Å². The molecule has 0 radical (unpaired) electrons. The molecule has 0 spiro atoms. The minimum atomic E-state index is -0.605. The Bertz CT molecular complexity index is 1040. The number of nitrogens with zero attached hydrogens (tertiary/aromatic N) is 2. The van der Waals surface area contributed by atoms with Gasteiger partial charge in [-0.05, 0) is 38.1 Å². The Morgan fingerprint density at radius 2 is 1.21 bits per heavy atom. The number of hydrogen-bond acceptors (Lipinski definition) is 6. The Hall–Kier alpha value is -2.84. The van der Waals surface area contributed by atoms with Crippen LogP contribution in [0.1, 0.15) is 11.1 Å². The fourth-order valence-corrected chi connectivity index (χ4v) is 4.51. The third-order valence-corrected chi connectivity index (χ3v) is 6.24. The molecule has 0 aliphatic carbocycles. The molecule has 3 aromatic rings. The molecule has 0 fully saturated rings. The van der Waals surface area contributed by atoms with Crippen LogP contribution < -0.4 is 0 Å². The standard InChI is InChI=1S/C20H16N2O4S2/c1-13-3-7-16(8-4-13)27-19-12-15(21(23)24)11-18(22(25)26)20(19)28-17-9-5-14(2)6-10-17/h3-12H,1-2H3. The fraction of sp³-hybridized carbons (Fsp3) is 0.100. The van der Waals surface area contributed by atoms with Gasteiger partial charge in [0.1, 0.15) is 4.90 Å². The second kappa shape index (κ2) is 8.45. The molecule has 0 unspecified atom stereocenters. The summed E-state index contributed by atoms with van der Waals surface area (Å²) in [4.78, 5) is 24.3. The van der Waals surface area contributed by atoms with Crippen molar-refractivity contribution < 1.29 is 9.85 Å². The summed E-state index contributed by atoms with van der Waals surface area (Å²) >= 11 is 2.51. The van der Waals surface area contributed by atoms with Crippen LogP contribution >= 0.6 is 23.5 Å². The molecular formula is C20H16N2O4S2. The minimum Gasteiger partial charge on any atom is -0.258 e. The average molecular weight is 412 g/mol. The largest absolute Gasteiger partial charge is 0.291 e. The van der Waals surface area contributed by atoms with Crippen LogP contribution in [0.5, 0.6) is 0 Å². The summed E-state index contributed by atoms with van der Waals surface area (Å²) in [5.74, 6) is 0. The first kappa shape index (κ1) is 19.9. The normalized spacial score (nSPS) is 10.6. The van der Waals surface area contributed by atoms with E-state index in [-0.39, 0.29) is 11.4 Å². The van der Waals surface area contributed by atoms with E-state index in [2.05, 4.69) is 0 Å². The molecular weight excluding hydrogens is 396 g/mol. The summed E-state index contributed by atoms with van der Waals surface area (Å²) in [5.41, 5.74) is 1.60. The van der Waals surface area contributed by atoms with E-state index in [1.807, 2.05) is 62.4 Å². The lowest BCUT2D eigenvalue weighted by Gasteiger charge is -2.10. The monoisotopic (exact) mass is 412 g/mol. The molecule has 0 N–H and O–H groups in total. The fourth-order valence-electron chi connectivity index (χ4n) is 2.45. The molecule has 0 heterocycles. The minimum absolute atomic E-state index is 0.269. The second-order valence-electron chi connectivity index (χ2n) is 6.14. The number of benzene rings is 3. The van der Waals surface area contributed by atoms with Crippen molar-refractivity contribution in [3.8, 4) is 0 Å². The molecule has 0 aliphatic rings. The van der Waals surface area contributed by atoms with E-state index in [4.69, 9.17) is 0 Å². The highest BCUT2D eigenvalue weighted by Gasteiger charge is 2.25. The summed E-state index contributed by atoms with van der Waals surface area (Å²) in [6.07, 6.45) is 0. The highest BCUT2D eigenvalue weighted by atomic mass is 32.2. The predicted octanol–water partition coefficient (Wildman–Crippen LogP) is 6.42. The van der Waals surface area contributed by atoms with E-state index in [1.165, 1.54) is 29.6 Å². The van der Waals surface area contributed by atoms with Crippen molar-refractivity contribution in [3.63, 3.8) is 0 Å². The molecule has 6 nitrogen and oxygen atoms in total. The van der Waals surface area contributed by atoms with Crippen molar-refractivity contribution in [2.45, 2.75) is 33.4 Å². The zero-order chi connectivity index (χ0) is 20.3. The number of hydrogen-bond donors (Lipinski definition) is 0. The van der Waals surface area contributed by atoms with Crippen LogP contribution in [-0.4, -0.2) is 9.85 Å². The highest BCUT2D eigenvalue weighted by molar-refractivity contribution is 8.02. The molecule has 3 aromatic carbocycles. The second-order valence-corrected chi connectivity index (χ2v) is 8.34. The van der Waals surface area contributed by atoms with Crippen LogP contribution in [0.25, 0.3) is 0 Å². The number of rotatable bonds is 6. The molecule has 0 amide bonds. The number of nitro benzene ring substituents is 2. The lowest BCUT2D eigenvalue weighted by Crippen LogP contribution is -1.97. The van der Waals surface area contributed by atoms with Crippen LogP contribution in [0.3, 0.4) is 0 Å². The molecule has 0 saturated carbocycles. The van der Waals surface area contributed by atoms with Crippen molar-refractivity contribution in [1.29, 1.82) is 0 Å². The van der Waals surface area contributed by atoms with Crippen molar-refractivity contribution >= 4 is 34.9 Å². The Morgan fingerprint density at radius 3 is 1.68 bits per heavy atom. The summed E-state index contributed by atoms with van der Waals surface area (Å²) in [7, 11) is 0. The van der Waals surface area contributed by atoms with Gasteiger partial charge in [-0.2, -0.15) is 0 Å². The van der Waals surface area contributed by atoms with Crippen LogP contribution in [0.4, 0.5) is 11.4 Å². The van der Waals surface area contributed by atoms with E-state index < -0.39 is 9.85 Å². The molecule has 8 heteroatoms. The molecule has 0 atom stereocenters. The SMILES string of the molecule is Cc1ccc(Sc2cc([N+](=O)[O-])cc([N+](=O)[O-])c2Sc2ccc(C)cc2)cc1. The Morgan fingerprint density at radius 1 is 0.714 bits per heavy atom. The number of non-ortho nitro benzene ring substituents is 1. The van der Waals surface area contributed by atoms with Crippen LogP contribution in [0.2, 0.25) is 0 Å². The lowest BCUT2D eigenvalue weighted by molar-refractivity contribution is -0.396. The first-order valence-corrected chi connectivity index (χ1v) is 9.92. The van der Waals surface area contributed by atoms with Crippen molar-refractivity contribution in [2.24, 2.45) is 0 Å². The summed E-state index contributed by atoms with van der Waals surface area (Å²) < 4.78 is 0. The highest BCUT2D eigenvalue weighted by Crippen LogP contribution is 2.46. The lowest BCUT2D eigenvalue weighted by atomic mass is 10.2. The maximum atomic E-state index is 11.7. The molecule has 0 bridgehead atoms. The van der Waals surface area contributed by atoms with Gasteiger partial charge in [0.05, 0.1) is 15.9 Å². The Labute approximate surface area is 170 Å². The Balaban J connectivity index is 2.12. The predicted molar refractivity (Wildman–Crippen MR) is 110 cm³/mol. The van der Waals surface area contributed by atoms with Gasteiger partial charge < -0.3 is 0 Å². The molecule has 142 valence electrons. The van der Waals surface area contributed by atoms with Gasteiger partial charge in [-0.1, -0.05) is 58.9 Å². The van der Waals surface area contributed by atoms with E-state index in [9.17, 15) is 20.2 Å². The third-order valence-electron chi connectivity index (χ3n) is 3.92. The van der Waals surface area contributed by atoms with Crippen LogP contribution in [-0.2, 0) is 0 Å². The third kappa shape index (κ3) is 4.71. The smallest absolute Gasteiger partial charge is 0.258 e. The average Bonchev–Trinajstić information content (AvgIpc) is 2.66. The van der Waals surface area contributed by atoms with Gasteiger partial charge in [-0.3, -0.25) is 20.2 Å². The molecule has 28 heavy (non-hydrogen) atoms. The number of aryl methyl sites for hydroxylation is 2. The summed E-state index contributed by atoms with van der Waals surface area (Å²) in [6, 6.07) is 17.7. The van der Waals surface area contributed by atoms with Crippen molar-refractivity contribution in [3.05, 3.63) is 92.0 Å². The zero-order valence-corrected chi connectivity index (χ0v) is 16.8. The maximum Gasteiger partial charge on any atom is 0.291 e. The molecule has 3 rings (SSSR count). The summed E-state index contributed by atoms with van der Waals surface area (Å²) in [6.45, 7) is 3.92. The molecule has 0 saturated heterocycles. The number of nitro groups is 2. The van der Waals surface area contributed by atoms with Gasteiger partial charge in [0.2, 0.25) is 0 Å². The topological polar surface area (TPSA) is 86.3 Å². The van der Waals surface area contributed by atoms with Crippen molar-refractivity contribution in [1.82, 2.24) is 0 Å². The van der Waals surface area contributed by atoms with Gasteiger partial charge in [-0.15, -0.1) is 0 Å². The molecule has 0 aromatic heterocycles. The van der Waals surface area contributed by atoms with E-state index >= 15 is 0 Å². The van der Waals surface area contributed by atoms with Crippen LogP contribution in [0, 0.1) is 34.1 Å². The van der Waals surface area contributed by atoms with Gasteiger partial charge in [0, 0.05) is 20.8 Å². The zero-order valence-electron chi connectivity index (χ0n) is 15.1. The van der Waals surface area contributed by atoms with Gasteiger partial charge in [0.25, 0.3) is 11.4 Å². The van der Waals surface area contributed by atoms with Crippen LogP contribution in [0.15, 0.2) is 80.2 Å². The van der Waals surface area contributed by atoms with Crippen molar-refractivity contribution in [2.75, 3.05) is 0 Å². The van der Waals surface area contributed by atoms with E-state index in [0.717, 1.165) is 27.0 Å².